The maximum atomic E-state index is 12.9. The summed E-state index contributed by atoms with van der Waals surface area (Å²) in [5.41, 5.74) is 28.8. The van der Waals surface area contributed by atoms with Gasteiger partial charge in [0.05, 0.1) is 83.5 Å². The van der Waals surface area contributed by atoms with Gasteiger partial charge in [-0.05, 0) is 164 Å². The monoisotopic (exact) mass is 1720 g/mol. The van der Waals surface area contributed by atoms with Crippen LogP contribution < -0.4 is 40.7 Å². The Balaban J connectivity index is 0.000000104. The number of allylic oxidation sites excluding steroid dienone is 6. The molecule has 0 aromatic heterocycles. The van der Waals surface area contributed by atoms with E-state index in [4.69, 9.17) is 29.2 Å². The van der Waals surface area contributed by atoms with Crippen LogP contribution in [-0.2, 0) is 14.8 Å². The first-order valence-corrected chi connectivity index (χ1v) is 45.9. The average molecular weight is 1720 g/mol. The van der Waals surface area contributed by atoms with Crippen LogP contribution in [0.25, 0.3) is 5.70 Å². The molecule has 19 nitrogen and oxygen atoms in total. The molecule has 11 aliphatic rings. The number of carbonyl (C=O) groups is 1. The lowest BCUT2D eigenvalue weighted by Gasteiger charge is -2.39. The summed E-state index contributed by atoms with van der Waals surface area (Å²) < 4.78 is 47.0. The normalized spacial score (nSPS) is 23.3. The number of hydrogen-bond donors (Lipinski definition) is 5. The van der Waals surface area contributed by atoms with Gasteiger partial charge in [-0.15, -0.1) is 0 Å². The largest absolute Gasteiger partial charge is 0.494 e. The summed E-state index contributed by atoms with van der Waals surface area (Å²) in [5, 5.41) is 36.9. The van der Waals surface area contributed by atoms with Crippen molar-refractivity contribution < 1.29 is 37.1 Å². The Hall–Kier alpha value is -13.6. The highest BCUT2D eigenvalue weighted by molar-refractivity contribution is 7.89. The number of aryl methyl sites for hydroxylation is 4. The van der Waals surface area contributed by atoms with Gasteiger partial charge in [0, 0.05) is 82.5 Å². The zero-order valence-electron chi connectivity index (χ0n) is 72.2. The van der Waals surface area contributed by atoms with E-state index in [0.29, 0.717) is 61.8 Å². The van der Waals surface area contributed by atoms with Crippen LogP contribution in [0.5, 0.6) is 17.2 Å². The lowest BCUT2D eigenvalue weighted by molar-refractivity contribution is -0.385. The fraction of sp³-hybridized carbons (Fsp3) is 0.241. The molecule has 6 N–H and O–H groups in total. The number of amides is 1. The number of nitro groups is 1. The number of nitro benzene ring substituents is 1. The number of hydrazone groups is 1. The number of para-hydroxylation sites is 1. The molecule has 8 heterocycles. The summed E-state index contributed by atoms with van der Waals surface area (Å²) in [6.07, 6.45) is 19.2. The molecular weight excluding hydrogens is 1610 g/mol. The van der Waals surface area contributed by atoms with Crippen molar-refractivity contribution in [1.82, 2.24) is 20.3 Å². The van der Waals surface area contributed by atoms with Gasteiger partial charge in [0.1, 0.15) is 17.2 Å². The molecule has 0 bridgehead atoms. The Morgan fingerprint density at radius 3 is 1.62 bits per heavy atom. The van der Waals surface area contributed by atoms with Crippen molar-refractivity contribution in [1.29, 1.82) is 0 Å². The van der Waals surface area contributed by atoms with E-state index < -0.39 is 10.0 Å². The van der Waals surface area contributed by atoms with Crippen molar-refractivity contribution in [3.63, 3.8) is 0 Å². The maximum Gasteiger partial charge on any atom is 0.273 e. The Bertz CT molecular complexity index is 6420. The third-order valence-electron chi connectivity index (χ3n) is 26.5. The fourth-order valence-electron chi connectivity index (χ4n) is 20.3. The molecule has 3 aliphatic carbocycles. The average Bonchev–Trinajstić information content (AvgIpc) is 1.67. The van der Waals surface area contributed by atoms with Gasteiger partial charge in [-0.3, -0.25) is 14.9 Å². The number of nitrogens with zero attached hydrogens (tertiary/aromatic N) is 5. The van der Waals surface area contributed by atoms with Crippen LogP contribution in [0, 0.1) is 55.6 Å². The van der Waals surface area contributed by atoms with Gasteiger partial charge >= 0.3 is 0 Å². The van der Waals surface area contributed by atoms with E-state index in [1.54, 1.807) is 25.3 Å². The molecule has 0 spiro atoms. The van der Waals surface area contributed by atoms with Crippen molar-refractivity contribution in [2.75, 3.05) is 49.4 Å². The van der Waals surface area contributed by atoms with E-state index in [2.05, 4.69) is 314 Å². The molecule has 23 rings (SSSR count). The Labute approximate surface area is 748 Å². The van der Waals surface area contributed by atoms with Crippen LogP contribution in [0.1, 0.15) is 185 Å². The van der Waals surface area contributed by atoms with Gasteiger partial charge in [0.25, 0.3) is 11.6 Å². The molecule has 20 heteroatoms. The van der Waals surface area contributed by atoms with Crippen LogP contribution in [0.15, 0.2) is 338 Å². The van der Waals surface area contributed by atoms with Crippen molar-refractivity contribution in [3.8, 4) is 17.2 Å². The fourth-order valence-corrected chi connectivity index (χ4v) is 20.9. The van der Waals surface area contributed by atoms with Gasteiger partial charge in [-0.2, -0.15) is 10.1 Å². The van der Waals surface area contributed by atoms with E-state index in [9.17, 15) is 23.3 Å². The van der Waals surface area contributed by atoms with Gasteiger partial charge < -0.3 is 45.2 Å². The molecule has 128 heavy (non-hydrogen) atoms. The van der Waals surface area contributed by atoms with E-state index in [-0.39, 0.29) is 69.9 Å². The number of non-ortho nitro benzene ring substituents is 1. The summed E-state index contributed by atoms with van der Waals surface area (Å²) in [4.78, 5) is 25.9. The maximum absolute atomic E-state index is 12.9. The lowest BCUT2D eigenvalue weighted by Crippen LogP contribution is -2.43. The standard InChI is InChI=1S/C24H22N2O.C23H24N2O2.C22H18N2O.C20H20N2O3.C19H20N2O2S/c1-16-7-6-10-19(13-16)24-26-22(20-14-17(2)11-12-23(20)27-24)15-21(25-26)18-8-4-3-5-9-18;26-23(25-11-13-27-14-12-25)17-9-10-21-20(15-17)18-7-4-8-19(18)22(24-21)16-5-2-1-3-6-16;1-3-9-16(10-4-1)19-15-20-18-13-7-8-14-21(18)25-22(24(20)23-19)17-11-5-2-6-12-17;1-12-5-3-6-13(9-12)19-16-8-4-7-15(16)17-10-14(22(23)24)11-18(25-2)20(17)21-19;1-12-4-2-5-13(10-12)19-16-7-3-6-15(16)17-11-14(24(20,22)23)8-9-18(17)21-19/h3-15,22,24-25H,1-2H3;1-7,9-10,15,18-19,22,24H,8,11-14H2;1-14,20,22H,15H2;3-7,9-11,15-16,19,21H,8H2,1-2H3;2-6,8-11,15-16,19,21H,7H2,1H3,(H2,20,22,23). The molecule has 1 fully saturated rings. The summed E-state index contributed by atoms with van der Waals surface area (Å²) in [6.45, 7) is 11.0. The van der Waals surface area contributed by atoms with Crippen LogP contribution in [-0.4, -0.2) is 73.3 Å². The number of anilines is 3. The molecule has 12 aromatic rings. The number of benzene rings is 12. The molecular formula is C108H104N10O9S. The highest BCUT2D eigenvalue weighted by atomic mass is 32.2. The third kappa shape index (κ3) is 17.2. The molecule has 1 amide bonds. The number of nitrogens with one attached hydrogen (secondary N) is 4. The highest BCUT2D eigenvalue weighted by Crippen LogP contribution is 2.56. The van der Waals surface area contributed by atoms with Gasteiger partial charge in [-0.1, -0.05) is 283 Å². The number of sulfonamides is 1. The van der Waals surface area contributed by atoms with Crippen molar-refractivity contribution in [3.05, 3.63) is 432 Å². The number of ether oxygens (including phenoxy) is 4. The minimum Gasteiger partial charge on any atom is -0.494 e. The van der Waals surface area contributed by atoms with Crippen LogP contribution in [0.4, 0.5) is 22.7 Å². The van der Waals surface area contributed by atoms with Gasteiger partial charge in [0.15, 0.2) is 6.23 Å². The number of fused-ring (bicyclic) bond motifs is 15. The van der Waals surface area contributed by atoms with Gasteiger partial charge in [-0.25, -0.2) is 18.6 Å². The van der Waals surface area contributed by atoms with Crippen molar-refractivity contribution >= 4 is 50.1 Å². The molecule has 0 radical (unpaired) electrons. The Morgan fingerprint density at radius 1 is 0.500 bits per heavy atom. The van der Waals surface area contributed by atoms with Gasteiger partial charge in [0.2, 0.25) is 16.3 Å². The quantitative estimate of drug-likeness (QED) is 0.0461. The second kappa shape index (κ2) is 36.4. The number of nitrogens with two attached hydrogens (primary N) is 1. The number of hydrogen-bond acceptors (Lipinski definition) is 16. The first kappa shape index (κ1) is 83.9. The second-order valence-corrected chi connectivity index (χ2v) is 36.4. The minimum absolute atomic E-state index is 0.0745. The number of methoxy groups -OCH3 is 1. The molecule has 1 saturated heterocycles. The molecule has 13 atom stereocenters. The van der Waals surface area contributed by atoms with E-state index in [0.717, 1.165) is 93.5 Å². The summed E-state index contributed by atoms with van der Waals surface area (Å²) in [7, 11) is -2.13. The molecule has 8 aliphatic heterocycles. The number of hydrazine groups is 1. The first-order valence-electron chi connectivity index (χ1n) is 44.3. The van der Waals surface area contributed by atoms with E-state index in [1.165, 1.54) is 72.8 Å². The predicted octanol–water partition coefficient (Wildman–Crippen LogP) is 22.4. The topological polar surface area (TPSA) is 227 Å². The molecule has 0 saturated carbocycles. The van der Waals surface area contributed by atoms with Crippen molar-refractivity contribution in [2.24, 2.45) is 28.0 Å². The molecule has 13 unspecified atom stereocenters. The predicted molar refractivity (Wildman–Crippen MR) is 505 cm³/mol. The summed E-state index contributed by atoms with van der Waals surface area (Å²) in [5.74, 6) is 4.53. The van der Waals surface area contributed by atoms with Crippen LogP contribution >= 0.6 is 0 Å². The van der Waals surface area contributed by atoms with Crippen molar-refractivity contribution in [2.45, 2.75) is 119 Å². The number of morpholine rings is 1. The van der Waals surface area contributed by atoms with E-state index in [1.807, 2.05) is 53.4 Å². The zero-order chi connectivity index (χ0) is 87.7. The van der Waals surface area contributed by atoms with Crippen LogP contribution in [0.3, 0.4) is 0 Å². The third-order valence-corrected chi connectivity index (χ3v) is 27.4. The minimum atomic E-state index is -3.69. The zero-order valence-corrected chi connectivity index (χ0v) is 73.1. The Morgan fingerprint density at radius 2 is 1.02 bits per heavy atom. The first-order chi connectivity index (χ1) is 62.4. The highest BCUT2D eigenvalue weighted by Gasteiger charge is 2.46. The Kier molecular flexibility index (Phi) is 23.8. The summed E-state index contributed by atoms with van der Waals surface area (Å²) >= 11 is 0. The lowest BCUT2D eigenvalue weighted by atomic mass is 9.76. The molecule has 12 aromatic carbocycles. The smallest absolute Gasteiger partial charge is 0.273 e. The summed E-state index contributed by atoms with van der Waals surface area (Å²) in [6, 6.07) is 97.8. The second-order valence-electron chi connectivity index (χ2n) is 34.8. The van der Waals surface area contributed by atoms with E-state index >= 15 is 0 Å². The van der Waals surface area contributed by atoms with Crippen LogP contribution in [0.2, 0.25) is 0 Å². The molecule has 646 valence electrons. The number of primary sulfonamides is 1. The SMILES string of the molecule is COc1cc([N+](=O)[O-])cc2c1NC(c1cccc(C)c1)C1CC=CC21.Cc1cccc(C2Nc3ccc(S(N)(=O)=O)cc3C3C=CCC32)c1.Cc1cccc(C2Oc3ccc(C)cc3C3C=C(c4ccccc4)NN32)c1.O=C(c1ccc2c(c1)C1C=CCC1C(c1ccccc1)N2)N1CCOCC1.c1ccc(C2=NN3C(C2)c2ccccc2OC3c2ccccc2)cc1. The number of rotatable bonds is 11. The number of carbonyl (C=O) groups excluding carboxylic acids is 1.